The third kappa shape index (κ3) is 3.41. The van der Waals surface area contributed by atoms with E-state index in [1.165, 1.54) is 4.57 Å². The predicted molar refractivity (Wildman–Crippen MR) is 116 cm³/mol. The van der Waals surface area contributed by atoms with E-state index in [0.717, 1.165) is 42.3 Å². The Hall–Kier alpha value is -3.33. The first-order chi connectivity index (χ1) is 14.2. The van der Waals surface area contributed by atoms with Crippen molar-refractivity contribution in [2.75, 3.05) is 0 Å². The van der Waals surface area contributed by atoms with Crippen LogP contribution in [0.2, 0.25) is 0 Å². The van der Waals surface area contributed by atoms with E-state index in [2.05, 4.69) is 6.07 Å². The fraction of sp³-hybridized carbons (Fsp3) is 0.375. The lowest BCUT2D eigenvalue weighted by Gasteiger charge is -2.22. The average Bonchev–Trinajstić information content (AvgIpc) is 3.07. The normalized spacial score (nSPS) is 13.7. The first kappa shape index (κ1) is 20.0. The molecule has 154 valence electrons. The molecule has 0 N–H and O–H groups in total. The van der Waals surface area contributed by atoms with E-state index in [0.29, 0.717) is 22.3 Å². The quantitative estimate of drug-likeness (QED) is 0.598. The zero-order valence-corrected chi connectivity index (χ0v) is 17.8. The summed E-state index contributed by atoms with van der Waals surface area (Å²) in [4.78, 5) is 26.4. The molecule has 30 heavy (non-hydrogen) atoms. The van der Waals surface area contributed by atoms with Gasteiger partial charge in [0, 0.05) is 18.1 Å². The molecule has 0 bridgehead atoms. The number of carbonyl (C=O) groups is 1. The number of rotatable bonds is 1. The molecule has 0 atom stereocenters. The van der Waals surface area contributed by atoms with Gasteiger partial charge in [-0.15, -0.1) is 0 Å². The number of ether oxygens (including phenoxy) is 1. The van der Waals surface area contributed by atoms with Crippen LogP contribution in [-0.2, 0) is 24.6 Å². The second-order valence-corrected chi connectivity index (χ2v) is 8.83. The molecule has 0 unspecified atom stereocenters. The minimum absolute atomic E-state index is 0.135. The minimum Gasteiger partial charge on any atom is -0.443 e. The number of nitrogens with zero attached hydrogens (tertiary/aromatic N) is 3. The molecule has 6 heteroatoms. The van der Waals surface area contributed by atoms with E-state index in [9.17, 15) is 14.9 Å². The highest BCUT2D eigenvalue weighted by molar-refractivity contribution is 5.96. The van der Waals surface area contributed by atoms with Crippen LogP contribution in [0.15, 0.2) is 35.1 Å². The Kier molecular flexibility index (Phi) is 4.77. The summed E-state index contributed by atoms with van der Waals surface area (Å²) in [6, 6.07) is 11.0. The van der Waals surface area contributed by atoms with Gasteiger partial charge in [0.05, 0.1) is 28.4 Å². The number of fused-ring (bicyclic) bond motifs is 2. The monoisotopic (exact) mass is 403 g/mol. The molecule has 1 aliphatic rings. The summed E-state index contributed by atoms with van der Waals surface area (Å²) >= 11 is 0. The van der Waals surface area contributed by atoms with Crippen molar-refractivity contribution in [1.82, 2.24) is 9.13 Å². The standard InChI is InChI=1S/C24H25N3O3/c1-24(2,3)30-23(29)27-20-10-9-15(14-25)11-17(20)13-21(27)18-12-16-7-5-6-8-19(16)26(4)22(18)28/h9-13H,5-8H2,1-4H3. The van der Waals surface area contributed by atoms with Gasteiger partial charge in [0.15, 0.2) is 0 Å². The van der Waals surface area contributed by atoms with Gasteiger partial charge in [-0.05, 0) is 82.3 Å². The fourth-order valence-corrected chi connectivity index (χ4v) is 4.16. The van der Waals surface area contributed by atoms with Crippen molar-refractivity contribution in [3.63, 3.8) is 0 Å². The van der Waals surface area contributed by atoms with Crippen molar-refractivity contribution in [3.8, 4) is 17.3 Å². The van der Waals surface area contributed by atoms with Crippen molar-refractivity contribution in [2.24, 2.45) is 7.05 Å². The molecule has 3 aromatic rings. The van der Waals surface area contributed by atoms with E-state index in [-0.39, 0.29) is 5.56 Å². The summed E-state index contributed by atoms with van der Waals surface area (Å²) in [6.07, 6.45) is 3.43. The Morgan fingerprint density at radius 2 is 1.87 bits per heavy atom. The van der Waals surface area contributed by atoms with Gasteiger partial charge in [-0.2, -0.15) is 5.26 Å². The Morgan fingerprint density at radius 3 is 2.57 bits per heavy atom. The molecule has 4 rings (SSSR count). The van der Waals surface area contributed by atoms with Gasteiger partial charge in [-0.3, -0.25) is 4.79 Å². The second-order valence-electron chi connectivity index (χ2n) is 8.83. The van der Waals surface area contributed by atoms with E-state index in [1.807, 2.05) is 26.8 Å². The lowest BCUT2D eigenvalue weighted by molar-refractivity contribution is 0.0547. The van der Waals surface area contributed by atoms with Gasteiger partial charge >= 0.3 is 6.09 Å². The largest absolute Gasteiger partial charge is 0.443 e. The molecule has 2 aromatic heterocycles. The molecule has 0 spiro atoms. The number of pyridine rings is 1. The molecule has 0 amide bonds. The smallest absolute Gasteiger partial charge is 0.419 e. The van der Waals surface area contributed by atoms with E-state index >= 15 is 0 Å². The average molecular weight is 403 g/mol. The van der Waals surface area contributed by atoms with Crippen LogP contribution in [0.25, 0.3) is 22.2 Å². The van der Waals surface area contributed by atoms with E-state index < -0.39 is 11.7 Å². The SMILES string of the molecule is Cn1c2c(cc(-c3cc4cc(C#N)ccc4n3C(=O)OC(C)(C)C)c1=O)CCCC2. The zero-order valence-electron chi connectivity index (χ0n) is 17.8. The number of benzene rings is 1. The van der Waals surface area contributed by atoms with Crippen LogP contribution in [-0.4, -0.2) is 20.8 Å². The molecule has 1 aromatic carbocycles. The van der Waals surface area contributed by atoms with Gasteiger partial charge in [0.2, 0.25) is 0 Å². The topological polar surface area (TPSA) is 77.0 Å². The number of aromatic nitrogens is 2. The van der Waals surface area contributed by atoms with Gasteiger partial charge < -0.3 is 9.30 Å². The van der Waals surface area contributed by atoms with Crippen LogP contribution >= 0.6 is 0 Å². The molecule has 0 fully saturated rings. The third-order valence-corrected chi connectivity index (χ3v) is 5.52. The first-order valence-electron chi connectivity index (χ1n) is 10.2. The zero-order chi connectivity index (χ0) is 21.6. The van der Waals surface area contributed by atoms with E-state index in [1.54, 1.807) is 35.9 Å². The highest BCUT2D eigenvalue weighted by Gasteiger charge is 2.25. The summed E-state index contributed by atoms with van der Waals surface area (Å²) < 4.78 is 8.80. The Morgan fingerprint density at radius 1 is 1.13 bits per heavy atom. The molecule has 6 nitrogen and oxygen atoms in total. The highest BCUT2D eigenvalue weighted by Crippen LogP contribution is 2.31. The fourth-order valence-electron chi connectivity index (χ4n) is 4.16. The van der Waals surface area contributed by atoms with Gasteiger partial charge in [-0.25, -0.2) is 9.36 Å². The maximum absolute atomic E-state index is 13.2. The summed E-state index contributed by atoms with van der Waals surface area (Å²) in [5.41, 5.74) is 3.47. The van der Waals surface area contributed by atoms with Crippen molar-refractivity contribution < 1.29 is 9.53 Å². The molecule has 2 heterocycles. The summed E-state index contributed by atoms with van der Waals surface area (Å²) in [6.45, 7) is 5.42. The lowest BCUT2D eigenvalue weighted by Crippen LogP contribution is -2.29. The minimum atomic E-state index is -0.682. The molecule has 0 aliphatic heterocycles. The molecule has 0 saturated carbocycles. The molecule has 0 saturated heterocycles. The number of aryl methyl sites for hydroxylation is 1. The van der Waals surface area contributed by atoms with Crippen molar-refractivity contribution in [3.05, 3.63) is 57.5 Å². The van der Waals surface area contributed by atoms with Crippen LogP contribution in [0.5, 0.6) is 0 Å². The van der Waals surface area contributed by atoms with Crippen LogP contribution in [0, 0.1) is 11.3 Å². The maximum atomic E-state index is 13.2. The number of hydrogen-bond acceptors (Lipinski definition) is 4. The first-order valence-corrected chi connectivity index (χ1v) is 10.2. The lowest BCUT2D eigenvalue weighted by atomic mass is 9.94. The number of carbonyl (C=O) groups excluding carboxylic acids is 1. The summed E-state index contributed by atoms with van der Waals surface area (Å²) in [5.74, 6) is 0. The predicted octanol–water partition coefficient (Wildman–Crippen LogP) is 4.54. The van der Waals surface area contributed by atoms with Crippen LogP contribution in [0.3, 0.4) is 0 Å². The molecule has 1 aliphatic carbocycles. The van der Waals surface area contributed by atoms with Gasteiger partial charge in [0.25, 0.3) is 5.56 Å². The summed E-state index contributed by atoms with van der Waals surface area (Å²) in [5, 5.41) is 9.98. The summed E-state index contributed by atoms with van der Waals surface area (Å²) in [7, 11) is 1.80. The van der Waals surface area contributed by atoms with Crippen molar-refractivity contribution in [2.45, 2.75) is 52.1 Å². The van der Waals surface area contributed by atoms with Crippen molar-refractivity contribution in [1.29, 1.82) is 5.26 Å². The third-order valence-electron chi connectivity index (χ3n) is 5.52. The van der Waals surface area contributed by atoms with Crippen molar-refractivity contribution >= 4 is 17.0 Å². The molecule has 0 radical (unpaired) electrons. The Bertz CT molecular complexity index is 1270. The molecular weight excluding hydrogens is 378 g/mol. The van der Waals surface area contributed by atoms with Gasteiger partial charge in [0.1, 0.15) is 5.60 Å². The van der Waals surface area contributed by atoms with Crippen LogP contribution in [0.1, 0.15) is 50.4 Å². The second kappa shape index (κ2) is 7.17. The van der Waals surface area contributed by atoms with Crippen LogP contribution < -0.4 is 5.56 Å². The number of nitriles is 1. The Labute approximate surface area is 175 Å². The number of hydrogen-bond donors (Lipinski definition) is 0. The Balaban J connectivity index is 2.00. The van der Waals surface area contributed by atoms with E-state index in [4.69, 9.17) is 4.74 Å². The maximum Gasteiger partial charge on any atom is 0.419 e. The van der Waals surface area contributed by atoms with Gasteiger partial charge in [-0.1, -0.05) is 0 Å². The highest BCUT2D eigenvalue weighted by atomic mass is 16.6. The molecular formula is C24H25N3O3. The van der Waals surface area contributed by atoms with Crippen LogP contribution in [0.4, 0.5) is 4.79 Å².